The first-order chi connectivity index (χ1) is 6.10. The molecule has 13 heavy (non-hydrogen) atoms. The standard InChI is InChI=1S/C9H15NO3/c10-9(5-8(11)12)4-3-6-1-2-7(9)13-6/h6-7H,1-5,10H2,(H,11,12). The van der Waals surface area contributed by atoms with E-state index >= 15 is 0 Å². The third kappa shape index (κ3) is 1.56. The molecule has 0 radical (unpaired) electrons. The largest absolute Gasteiger partial charge is 0.481 e. The van der Waals surface area contributed by atoms with E-state index in [9.17, 15) is 4.79 Å². The molecule has 0 aromatic carbocycles. The van der Waals surface area contributed by atoms with Crippen LogP contribution in [0.4, 0.5) is 0 Å². The van der Waals surface area contributed by atoms with Crippen molar-refractivity contribution in [1.82, 2.24) is 0 Å². The smallest absolute Gasteiger partial charge is 0.305 e. The van der Waals surface area contributed by atoms with Gasteiger partial charge >= 0.3 is 5.97 Å². The first-order valence-corrected chi connectivity index (χ1v) is 4.76. The number of carbonyl (C=O) groups is 1. The minimum absolute atomic E-state index is 0.0256. The van der Waals surface area contributed by atoms with Crippen molar-refractivity contribution in [2.24, 2.45) is 5.73 Å². The summed E-state index contributed by atoms with van der Waals surface area (Å²) in [5.74, 6) is -0.823. The van der Waals surface area contributed by atoms with Crippen LogP contribution < -0.4 is 5.73 Å². The second-order valence-electron chi connectivity index (χ2n) is 4.17. The van der Waals surface area contributed by atoms with Crippen LogP contribution in [0.25, 0.3) is 0 Å². The molecule has 4 nitrogen and oxygen atoms in total. The molecular formula is C9H15NO3. The summed E-state index contributed by atoms with van der Waals surface area (Å²) in [7, 11) is 0. The molecular weight excluding hydrogens is 170 g/mol. The summed E-state index contributed by atoms with van der Waals surface area (Å²) in [6.45, 7) is 0. The Kier molecular flexibility index (Phi) is 2.04. The van der Waals surface area contributed by atoms with Crippen LogP contribution in [0.15, 0.2) is 0 Å². The van der Waals surface area contributed by atoms with Crippen LogP contribution in [0.1, 0.15) is 32.1 Å². The van der Waals surface area contributed by atoms with Gasteiger partial charge in [0.15, 0.2) is 0 Å². The molecule has 2 bridgehead atoms. The van der Waals surface area contributed by atoms with E-state index < -0.39 is 11.5 Å². The van der Waals surface area contributed by atoms with Gasteiger partial charge in [-0.05, 0) is 25.7 Å². The third-order valence-corrected chi connectivity index (χ3v) is 3.16. The summed E-state index contributed by atoms with van der Waals surface area (Å²) in [6, 6.07) is 0. The highest BCUT2D eigenvalue weighted by Gasteiger charge is 2.46. The molecule has 2 rings (SSSR count). The molecule has 74 valence electrons. The zero-order valence-electron chi connectivity index (χ0n) is 7.53. The lowest BCUT2D eigenvalue weighted by atomic mass is 9.84. The summed E-state index contributed by atoms with van der Waals surface area (Å²) < 4.78 is 5.63. The van der Waals surface area contributed by atoms with Gasteiger partial charge in [-0.15, -0.1) is 0 Å². The Morgan fingerprint density at radius 3 is 3.00 bits per heavy atom. The van der Waals surface area contributed by atoms with E-state index in [0.29, 0.717) is 6.10 Å². The molecule has 2 fully saturated rings. The van der Waals surface area contributed by atoms with Crippen molar-refractivity contribution in [1.29, 1.82) is 0 Å². The Bertz CT molecular complexity index is 231. The molecule has 3 N–H and O–H groups in total. The Morgan fingerprint density at radius 1 is 1.54 bits per heavy atom. The van der Waals surface area contributed by atoms with E-state index in [4.69, 9.17) is 15.6 Å². The van der Waals surface area contributed by atoms with Crippen LogP contribution in [-0.2, 0) is 9.53 Å². The monoisotopic (exact) mass is 185 g/mol. The summed E-state index contributed by atoms with van der Waals surface area (Å²) in [6.07, 6.45) is 4.02. The van der Waals surface area contributed by atoms with Crippen molar-refractivity contribution in [2.75, 3.05) is 0 Å². The topological polar surface area (TPSA) is 72.6 Å². The number of nitrogens with two attached hydrogens (primary N) is 1. The van der Waals surface area contributed by atoms with Gasteiger partial charge in [-0.1, -0.05) is 0 Å². The zero-order valence-corrected chi connectivity index (χ0v) is 7.53. The molecule has 2 saturated heterocycles. The lowest BCUT2D eigenvalue weighted by Crippen LogP contribution is -2.54. The Morgan fingerprint density at radius 2 is 2.31 bits per heavy atom. The molecule has 3 unspecified atom stereocenters. The number of ether oxygens (including phenoxy) is 1. The minimum Gasteiger partial charge on any atom is -0.481 e. The normalized spacial score (nSPS) is 43.5. The second-order valence-corrected chi connectivity index (χ2v) is 4.17. The highest BCUT2D eigenvalue weighted by molar-refractivity contribution is 5.68. The average Bonchev–Trinajstić information content (AvgIpc) is 2.42. The van der Waals surface area contributed by atoms with Gasteiger partial charge < -0.3 is 15.6 Å². The molecule has 0 aromatic heterocycles. The molecule has 4 heteroatoms. The summed E-state index contributed by atoms with van der Waals surface area (Å²) in [5.41, 5.74) is 5.42. The quantitative estimate of drug-likeness (QED) is 0.657. The average molecular weight is 185 g/mol. The Hall–Kier alpha value is -0.610. The van der Waals surface area contributed by atoms with Crippen molar-refractivity contribution in [3.63, 3.8) is 0 Å². The first kappa shape index (κ1) is 8.97. The minimum atomic E-state index is -0.823. The van der Waals surface area contributed by atoms with Crippen LogP contribution >= 0.6 is 0 Å². The maximum Gasteiger partial charge on any atom is 0.305 e. The van der Waals surface area contributed by atoms with E-state index in [1.165, 1.54) is 0 Å². The maximum atomic E-state index is 10.6. The van der Waals surface area contributed by atoms with Gasteiger partial charge in [0.2, 0.25) is 0 Å². The van der Waals surface area contributed by atoms with E-state index in [0.717, 1.165) is 25.7 Å². The maximum absolute atomic E-state index is 10.6. The number of carboxylic acids is 1. The summed E-state index contributed by atoms with van der Waals surface area (Å²) in [5, 5.41) is 8.72. The third-order valence-electron chi connectivity index (χ3n) is 3.16. The molecule has 0 aromatic rings. The van der Waals surface area contributed by atoms with Crippen molar-refractivity contribution >= 4 is 5.97 Å². The molecule has 0 aliphatic carbocycles. The lowest BCUT2D eigenvalue weighted by Gasteiger charge is -2.38. The van der Waals surface area contributed by atoms with Gasteiger partial charge in [0.05, 0.1) is 24.2 Å². The molecule has 0 spiro atoms. The van der Waals surface area contributed by atoms with E-state index in [1.54, 1.807) is 0 Å². The van der Waals surface area contributed by atoms with Crippen molar-refractivity contribution < 1.29 is 14.6 Å². The highest BCUT2D eigenvalue weighted by atomic mass is 16.5. The number of aliphatic carboxylic acids is 1. The predicted molar refractivity (Wildman–Crippen MR) is 46.3 cm³/mol. The SMILES string of the molecule is NC1(CC(=O)O)CCC2CCC1O2. The van der Waals surface area contributed by atoms with E-state index in [1.807, 2.05) is 0 Å². The van der Waals surface area contributed by atoms with Gasteiger partial charge in [0.1, 0.15) is 0 Å². The fourth-order valence-corrected chi connectivity index (χ4v) is 2.42. The zero-order chi connectivity index (χ0) is 9.47. The van der Waals surface area contributed by atoms with Crippen molar-refractivity contribution in [2.45, 2.75) is 49.9 Å². The van der Waals surface area contributed by atoms with Crippen LogP contribution in [0.5, 0.6) is 0 Å². The molecule has 0 saturated carbocycles. The Labute approximate surface area is 77.1 Å². The van der Waals surface area contributed by atoms with Crippen molar-refractivity contribution in [3.05, 3.63) is 0 Å². The van der Waals surface area contributed by atoms with Gasteiger partial charge in [-0.3, -0.25) is 4.79 Å². The molecule has 3 atom stereocenters. The van der Waals surface area contributed by atoms with Gasteiger partial charge in [-0.2, -0.15) is 0 Å². The highest BCUT2D eigenvalue weighted by Crippen LogP contribution is 2.39. The van der Waals surface area contributed by atoms with Crippen LogP contribution in [0, 0.1) is 0 Å². The van der Waals surface area contributed by atoms with Gasteiger partial charge in [0, 0.05) is 0 Å². The first-order valence-electron chi connectivity index (χ1n) is 4.76. The fourth-order valence-electron chi connectivity index (χ4n) is 2.42. The van der Waals surface area contributed by atoms with Crippen LogP contribution in [0.2, 0.25) is 0 Å². The number of hydrogen-bond acceptors (Lipinski definition) is 3. The van der Waals surface area contributed by atoms with E-state index in [-0.39, 0.29) is 12.5 Å². The number of fused-ring (bicyclic) bond motifs is 2. The molecule has 2 aliphatic heterocycles. The lowest BCUT2D eigenvalue weighted by molar-refractivity contribution is -0.141. The fraction of sp³-hybridized carbons (Fsp3) is 0.889. The number of hydrogen-bond donors (Lipinski definition) is 2. The van der Waals surface area contributed by atoms with Crippen LogP contribution in [0.3, 0.4) is 0 Å². The van der Waals surface area contributed by atoms with Gasteiger partial charge in [0.25, 0.3) is 0 Å². The number of rotatable bonds is 2. The van der Waals surface area contributed by atoms with Crippen molar-refractivity contribution in [3.8, 4) is 0 Å². The Balaban J connectivity index is 2.08. The van der Waals surface area contributed by atoms with Gasteiger partial charge in [-0.25, -0.2) is 0 Å². The number of carboxylic acid groups (broad SMARTS) is 1. The molecule has 2 heterocycles. The predicted octanol–water partition coefficient (Wildman–Crippen LogP) is 0.500. The molecule has 0 amide bonds. The van der Waals surface area contributed by atoms with E-state index in [2.05, 4.69) is 0 Å². The summed E-state index contributed by atoms with van der Waals surface area (Å²) in [4.78, 5) is 10.6. The summed E-state index contributed by atoms with van der Waals surface area (Å²) >= 11 is 0. The molecule has 2 aliphatic rings. The van der Waals surface area contributed by atoms with Crippen LogP contribution in [-0.4, -0.2) is 28.8 Å². The second kappa shape index (κ2) is 2.96.